The molecule has 1 N–H and O–H groups in total. The second-order valence-electron chi connectivity index (χ2n) is 9.27. The number of nitrogens with zero attached hydrogens (tertiary/aromatic N) is 2. The van der Waals surface area contributed by atoms with Crippen molar-refractivity contribution in [2.24, 2.45) is 0 Å². The number of pyridine rings is 1. The van der Waals surface area contributed by atoms with Crippen molar-refractivity contribution in [3.8, 4) is 5.75 Å². The number of rotatable bonds is 7. The predicted molar refractivity (Wildman–Crippen MR) is 134 cm³/mol. The molecule has 38 heavy (non-hydrogen) atoms. The number of aryl methyl sites for hydroxylation is 2. The third kappa shape index (κ3) is 6.00. The van der Waals surface area contributed by atoms with Gasteiger partial charge in [0, 0.05) is 36.8 Å². The topological polar surface area (TPSA) is 84.7 Å². The van der Waals surface area contributed by atoms with Gasteiger partial charge < -0.3 is 19.4 Å². The molecule has 202 valence electrons. The van der Waals surface area contributed by atoms with E-state index in [1.165, 1.54) is 11.8 Å². The first-order valence-electron chi connectivity index (χ1n) is 12.5. The summed E-state index contributed by atoms with van der Waals surface area (Å²) in [7, 11) is 0. The SMILES string of the molecule is CCOc1ccccc1CNC(=O)c1ccc(C)nc1C1CCN(C(=O)c2cc(C)oc2C(F)(F)F)CC1. The molecule has 0 unspecified atom stereocenters. The van der Waals surface area contributed by atoms with E-state index in [1.54, 1.807) is 12.1 Å². The largest absolute Gasteiger partial charge is 0.494 e. The summed E-state index contributed by atoms with van der Waals surface area (Å²) in [5.41, 5.74) is 2.20. The lowest BCUT2D eigenvalue weighted by atomic mass is 9.89. The van der Waals surface area contributed by atoms with Crippen LogP contribution in [0, 0.1) is 13.8 Å². The maximum absolute atomic E-state index is 13.3. The van der Waals surface area contributed by atoms with Crippen molar-refractivity contribution >= 4 is 11.8 Å². The van der Waals surface area contributed by atoms with Crippen LogP contribution in [0.1, 0.15) is 74.9 Å². The van der Waals surface area contributed by atoms with E-state index in [1.807, 2.05) is 38.1 Å². The third-order valence-corrected chi connectivity index (χ3v) is 6.53. The van der Waals surface area contributed by atoms with Crippen LogP contribution in [0.2, 0.25) is 0 Å². The van der Waals surface area contributed by atoms with Gasteiger partial charge in [-0.25, -0.2) is 0 Å². The summed E-state index contributed by atoms with van der Waals surface area (Å²) in [5, 5.41) is 2.94. The van der Waals surface area contributed by atoms with Crippen LogP contribution in [0.4, 0.5) is 13.2 Å². The highest BCUT2D eigenvalue weighted by Gasteiger charge is 2.41. The first kappa shape index (κ1) is 27.2. The zero-order chi connectivity index (χ0) is 27.4. The highest BCUT2D eigenvalue weighted by atomic mass is 19.4. The number of halogens is 3. The highest BCUT2D eigenvalue weighted by Crippen LogP contribution is 2.36. The molecule has 4 rings (SSSR count). The van der Waals surface area contributed by atoms with E-state index < -0.39 is 23.4 Å². The maximum Gasteiger partial charge on any atom is 0.450 e. The number of carbonyl (C=O) groups is 2. The normalized spacial score (nSPS) is 14.4. The molecule has 0 radical (unpaired) electrons. The number of likely N-dealkylation sites (tertiary alicyclic amines) is 1. The van der Waals surface area contributed by atoms with Crippen LogP contribution in [0.25, 0.3) is 0 Å². The second-order valence-corrected chi connectivity index (χ2v) is 9.27. The molecule has 0 spiro atoms. The molecule has 1 fully saturated rings. The first-order valence-corrected chi connectivity index (χ1v) is 12.5. The zero-order valence-corrected chi connectivity index (χ0v) is 21.5. The number of ether oxygens (including phenoxy) is 1. The number of nitrogens with one attached hydrogen (secondary N) is 1. The van der Waals surface area contributed by atoms with E-state index >= 15 is 0 Å². The zero-order valence-electron chi connectivity index (χ0n) is 21.5. The molecule has 3 aromatic rings. The van der Waals surface area contributed by atoms with Crippen LogP contribution in [0.5, 0.6) is 5.75 Å². The van der Waals surface area contributed by atoms with Gasteiger partial charge in [0.25, 0.3) is 11.8 Å². The van der Waals surface area contributed by atoms with Crippen LogP contribution >= 0.6 is 0 Å². The van der Waals surface area contributed by atoms with Crippen LogP contribution in [0.3, 0.4) is 0 Å². The summed E-state index contributed by atoms with van der Waals surface area (Å²) in [6, 6.07) is 12.1. The van der Waals surface area contributed by atoms with Crippen molar-refractivity contribution in [3.63, 3.8) is 0 Å². The molecule has 7 nitrogen and oxygen atoms in total. The number of furan rings is 1. The van der Waals surface area contributed by atoms with Crippen LogP contribution in [-0.4, -0.2) is 41.4 Å². The molecule has 0 saturated carbocycles. The maximum atomic E-state index is 13.3. The Morgan fingerprint density at radius 3 is 2.50 bits per heavy atom. The average Bonchev–Trinajstić information content (AvgIpc) is 3.30. The van der Waals surface area contributed by atoms with E-state index in [0.717, 1.165) is 17.3 Å². The van der Waals surface area contributed by atoms with E-state index in [9.17, 15) is 22.8 Å². The molecule has 3 heterocycles. The Kier molecular flexibility index (Phi) is 8.08. The third-order valence-electron chi connectivity index (χ3n) is 6.53. The van der Waals surface area contributed by atoms with Crippen LogP contribution in [0.15, 0.2) is 46.9 Å². The van der Waals surface area contributed by atoms with Gasteiger partial charge in [0.05, 0.1) is 23.4 Å². The Morgan fingerprint density at radius 2 is 1.82 bits per heavy atom. The number of piperidine rings is 1. The van der Waals surface area contributed by atoms with Gasteiger partial charge in [-0.15, -0.1) is 0 Å². The minimum Gasteiger partial charge on any atom is -0.494 e. The lowest BCUT2D eigenvalue weighted by molar-refractivity contribution is -0.153. The quantitative estimate of drug-likeness (QED) is 0.427. The average molecular weight is 530 g/mol. The highest BCUT2D eigenvalue weighted by molar-refractivity contribution is 5.96. The molecule has 1 saturated heterocycles. The van der Waals surface area contributed by atoms with Gasteiger partial charge >= 0.3 is 6.18 Å². The molecular formula is C28H30F3N3O4. The van der Waals surface area contributed by atoms with Gasteiger partial charge in [0.2, 0.25) is 5.76 Å². The minimum absolute atomic E-state index is 0.0269. The second kappa shape index (κ2) is 11.3. The van der Waals surface area contributed by atoms with Gasteiger partial charge in [-0.3, -0.25) is 14.6 Å². The van der Waals surface area contributed by atoms with Gasteiger partial charge in [0.15, 0.2) is 0 Å². The van der Waals surface area contributed by atoms with E-state index in [2.05, 4.69) is 10.3 Å². The number of amides is 2. The number of hydrogen-bond donors (Lipinski definition) is 1. The molecule has 10 heteroatoms. The Hall–Kier alpha value is -3.82. The van der Waals surface area contributed by atoms with Crippen molar-refractivity contribution < 1.29 is 31.9 Å². The molecule has 2 aromatic heterocycles. The number of para-hydroxylation sites is 1. The molecule has 1 aromatic carbocycles. The first-order chi connectivity index (χ1) is 18.1. The Morgan fingerprint density at radius 1 is 1.11 bits per heavy atom. The smallest absolute Gasteiger partial charge is 0.450 e. The van der Waals surface area contributed by atoms with Crippen molar-refractivity contribution in [2.75, 3.05) is 19.7 Å². The van der Waals surface area contributed by atoms with E-state index in [0.29, 0.717) is 36.5 Å². The lowest BCUT2D eigenvalue weighted by Crippen LogP contribution is -2.39. The number of aromatic nitrogens is 1. The van der Waals surface area contributed by atoms with Crippen molar-refractivity contribution in [2.45, 2.75) is 52.3 Å². The van der Waals surface area contributed by atoms with E-state index in [4.69, 9.17) is 9.15 Å². The Bertz CT molecular complexity index is 1310. The van der Waals surface area contributed by atoms with Gasteiger partial charge in [-0.05, 0) is 57.9 Å². The fraction of sp³-hybridized carbons (Fsp3) is 0.393. The van der Waals surface area contributed by atoms with E-state index in [-0.39, 0.29) is 37.2 Å². The summed E-state index contributed by atoms with van der Waals surface area (Å²) < 4.78 is 50.4. The summed E-state index contributed by atoms with van der Waals surface area (Å²) >= 11 is 0. The standard InChI is InChI=1S/C28H30F3N3O4/c1-4-37-23-8-6-5-7-20(23)16-32-26(35)21-10-9-17(2)33-24(21)19-11-13-34(14-12-19)27(36)22-15-18(3)38-25(22)28(29,30)31/h5-10,15,19H,4,11-14,16H2,1-3H3,(H,32,35). The molecular weight excluding hydrogens is 499 g/mol. The lowest BCUT2D eigenvalue weighted by Gasteiger charge is -2.32. The molecule has 0 aliphatic carbocycles. The Labute approximate surface area is 219 Å². The predicted octanol–water partition coefficient (Wildman–Crippen LogP) is 5.66. The fourth-order valence-corrected chi connectivity index (χ4v) is 4.71. The number of carbonyl (C=O) groups excluding carboxylic acids is 2. The number of alkyl halides is 3. The molecule has 0 bridgehead atoms. The van der Waals surface area contributed by atoms with Gasteiger partial charge in [0.1, 0.15) is 11.5 Å². The van der Waals surface area contributed by atoms with Gasteiger partial charge in [-0.1, -0.05) is 18.2 Å². The molecule has 2 amide bonds. The molecule has 0 atom stereocenters. The molecule has 1 aliphatic heterocycles. The number of benzene rings is 1. The summed E-state index contributed by atoms with van der Waals surface area (Å²) in [4.78, 5) is 32.1. The minimum atomic E-state index is -4.76. The summed E-state index contributed by atoms with van der Waals surface area (Å²) in [6.07, 6.45) is -3.82. The van der Waals surface area contributed by atoms with Crippen molar-refractivity contribution in [3.05, 3.63) is 82.1 Å². The van der Waals surface area contributed by atoms with Crippen molar-refractivity contribution in [1.82, 2.24) is 15.2 Å². The van der Waals surface area contributed by atoms with Crippen LogP contribution < -0.4 is 10.1 Å². The molecule has 1 aliphatic rings. The van der Waals surface area contributed by atoms with Gasteiger partial charge in [-0.2, -0.15) is 13.2 Å². The Balaban J connectivity index is 1.46. The monoisotopic (exact) mass is 529 g/mol. The van der Waals surface area contributed by atoms with Crippen LogP contribution in [-0.2, 0) is 12.7 Å². The number of hydrogen-bond acceptors (Lipinski definition) is 5. The van der Waals surface area contributed by atoms with Crippen molar-refractivity contribution in [1.29, 1.82) is 0 Å². The summed E-state index contributed by atoms with van der Waals surface area (Å²) in [5.74, 6) is -1.65. The summed E-state index contributed by atoms with van der Waals surface area (Å²) in [6.45, 7) is 6.37. The fourth-order valence-electron chi connectivity index (χ4n) is 4.71.